The van der Waals surface area contributed by atoms with Gasteiger partial charge < -0.3 is 9.47 Å². The number of piperazine rings is 1. The lowest BCUT2D eigenvalue weighted by Crippen LogP contribution is -2.50. The Labute approximate surface area is 184 Å². The van der Waals surface area contributed by atoms with E-state index in [1.807, 2.05) is 13.0 Å². The molecule has 0 bridgehead atoms. The number of nitrogens with zero attached hydrogens (tertiary/aromatic N) is 2. The highest BCUT2D eigenvalue weighted by molar-refractivity contribution is 7.89. The Morgan fingerprint density at radius 1 is 0.806 bits per heavy atom. The van der Waals surface area contributed by atoms with Gasteiger partial charge in [0.05, 0.1) is 16.4 Å². The Morgan fingerprint density at radius 2 is 1.39 bits per heavy atom. The van der Waals surface area contributed by atoms with Gasteiger partial charge in [0.1, 0.15) is 12.4 Å². The summed E-state index contributed by atoms with van der Waals surface area (Å²) in [5, 5.41) is 0. The molecule has 0 aliphatic carbocycles. The molecule has 0 aromatic heterocycles. The van der Waals surface area contributed by atoms with Crippen molar-refractivity contribution in [3.63, 3.8) is 0 Å². The molecule has 0 N–H and O–H groups in total. The van der Waals surface area contributed by atoms with Gasteiger partial charge in [-0.05, 0) is 55.3 Å². The number of methoxy groups -OCH3 is 1. The number of ether oxygens (including phenoxy) is 2. The maximum absolute atomic E-state index is 13.1. The van der Waals surface area contributed by atoms with Crippen molar-refractivity contribution >= 4 is 20.0 Å². The quantitative estimate of drug-likeness (QED) is 0.551. The van der Waals surface area contributed by atoms with E-state index in [0.29, 0.717) is 24.5 Å². The van der Waals surface area contributed by atoms with Crippen molar-refractivity contribution in [3.8, 4) is 5.75 Å². The summed E-state index contributed by atoms with van der Waals surface area (Å²) >= 11 is 0. The second kappa shape index (κ2) is 9.66. The highest BCUT2D eigenvalue weighted by Gasteiger charge is 2.34. The molecule has 1 fully saturated rings. The summed E-state index contributed by atoms with van der Waals surface area (Å²) in [6.45, 7) is 4.82. The minimum atomic E-state index is -3.72. The molecule has 10 heteroatoms. The highest BCUT2D eigenvalue weighted by Crippen LogP contribution is 2.25. The van der Waals surface area contributed by atoms with Crippen molar-refractivity contribution in [1.29, 1.82) is 0 Å². The minimum absolute atomic E-state index is 0.0958. The van der Waals surface area contributed by atoms with Gasteiger partial charge >= 0.3 is 0 Å². The minimum Gasteiger partial charge on any atom is -0.491 e. The number of rotatable bonds is 8. The van der Waals surface area contributed by atoms with Crippen LogP contribution in [0.1, 0.15) is 11.1 Å². The number of aryl methyl sites for hydroxylation is 2. The number of benzene rings is 2. The molecular weight excluding hydrogens is 440 g/mol. The summed E-state index contributed by atoms with van der Waals surface area (Å²) in [5.41, 5.74) is 1.54. The second-order valence-corrected chi connectivity index (χ2v) is 11.2. The van der Waals surface area contributed by atoms with E-state index < -0.39 is 20.0 Å². The van der Waals surface area contributed by atoms with E-state index >= 15 is 0 Å². The Morgan fingerprint density at radius 3 is 1.97 bits per heavy atom. The first-order valence-electron chi connectivity index (χ1n) is 9.95. The predicted molar refractivity (Wildman–Crippen MR) is 117 cm³/mol. The lowest BCUT2D eigenvalue weighted by molar-refractivity contribution is 0.146. The Hall–Kier alpha value is -1.98. The topological polar surface area (TPSA) is 93.2 Å². The van der Waals surface area contributed by atoms with Crippen LogP contribution in [-0.2, 0) is 24.8 Å². The Bertz CT molecular complexity index is 1110. The fourth-order valence-electron chi connectivity index (χ4n) is 3.37. The summed E-state index contributed by atoms with van der Waals surface area (Å²) in [6, 6.07) is 11.5. The molecule has 3 rings (SSSR count). The van der Waals surface area contributed by atoms with Crippen molar-refractivity contribution in [3.05, 3.63) is 53.6 Å². The molecule has 8 nitrogen and oxygen atoms in total. The lowest BCUT2D eigenvalue weighted by atomic mass is 10.2. The maximum atomic E-state index is 13.1. The van der Waals surface area contributed by atoms with Crippen molar-refractivity contribution in [2.45, 2.75) is 23.6 Å². The Kier molecular flexibility index (Phi) is 7.38. The van der Waals surface area contributed by atoms with Crippen molar-refractivity contribution in [1.82, 2.24) is 8.61 Å². The van der Waals surface area contributed by atoms with Gasteiger partial charge in [-0.25, -0.2) is 16.8 Å². The second-order valence-electron chi connectivity index (χ2n) is 7.39. The molecule has 1 saturated heterocycles. The van der Waals surface area contributed by atoms with E-state index in [2.05, 4.69) is 0 Å². The zero-order valence-corrected chi connectivity index (χ0v) is 19.6. The third-order valence-electron chi connectivity index (χ3n) is 5.18. The zero-order chi connectivity index (χ0) is 22.6. The van der Waals surface area contributed by atoms with E-state index in [1.165, 1.54) is 20.7 Å². The monoisotopic (exact) mass is 468 g/mol. The SMILES string of the molecule is COCCOc1ccc(S(=O)(=O)N2CCN(S(=O)(=O)c3cc(C)ccc3C)CC2)cc1. The Balaban J connectivity index is 1.69. The zero-order valence-electron chi connectivity index (χ0n) is 17.9. The molecule has 1 heterocycles. The van der Waals surface area contributed by atoms with E-state index in [9.17, 15) is 16.8 Å². The molecule has 1 aliphatic heterocycles. The van der Waals surface area contributed by atoms with Crippen LogP contribution in [0.25, 0.3) is 0 Å². The largest absolute Gasteiger partial charge is 0.491 e. The number of hydrogen-bond acceptors (Lipinski definition) is 6. The van der Waals surface area contributed by atoms with Crippen LogP contribution in [0.5, 0.6) is 5.75 Å². The van der Waals surface area contributed by atoms with E-state index in [4.69, 9.17) is 9.47 Å². The smallest absolute Gasteiger partial charge is 0.243 e. The molecule has 2 aromatic rings. The normalized spacial score (nSPS) is 16.4. The van der Waals surface area contributed by atoms with E-state index in [0.717, 1.165) is 5.56 Å². The van der Waals surface area contributed by atoms with Crippen LogP contribution < -0.4 is 4.74 Å². The van der Waals surface area contributed by atoms with Gasteiger partial charge in [0, 0.05) is 33.3 Å². The van der Waals surface area contributed by atoms with Gasteiger partial charge in [0.2, 0.25) is 20.0 Å². The molecule has 0 saturated carbocycles. The van der Waals surface area contributed by atoms with Gasteiger partial charge in [-0.2, -0.15) is 8.61 Å². The highest BCUT2D eigenvalue weighted by atomic mass is 32.2. The van der Waals surface area contributed by atoms with Crippen molar-refractivity contribution in [2.24, 2.45) is 0 Å². The lowest BCUT2D eigenvalue weighted by Gasteiger charge is -2.33. The first kappa shape index (κ1) is 23.7. The molecule has 0 spiro atoms. The van der Waals surface area contributed by atoms with Crippen LogP contribution in [0.15, 0.2) is 52.3 Å². The molecule has 1 aliphatic rings. The van der Waals surface area contributed by atoms with Crippen LogP contribution in [0.4, 0.5) is 0 Å². The maximum Gasteiger partial charge on any atom is 0.243 e. The average molecular weight is 469 g/mol. The molecule has 170 valence electrons. The number of hydrogen-bond donors (Lipinski definition) is 0. The van der Waals surface area contributed by atoms with Crippen LogP contribution in [-0.4, -0.2) is 71.9 Å². The number of sulfonamides is 2. The molecule has 31 heavy (non-hydrogen) atoms. The van der Waals surface area contributed by atoms with Gasteiger partial charge in [-0.1, -0.05) is 12.1 Å². The van der Waals surface area contributed by atoms with E-state index in [-0.39, 0.29) is 36.0 Å². The average Bonchev–Trinajstić information content (AvgIpc) is 2.76. The standard InChI is InChI=1S/C21H28N2O6S2/c1-17-4-5-18(2)21(16-17)31(26,27)23-12-10-22(11-13-23)30(24,25)20-8-6-19(7-9-20)29-15-14-28-3/h4-9,16H,10-15H2,1-3H3. The third kappa shape index (κ3) is 5.27. The molecule has 0 unspecified atom stereocenters. The fraction of sp³-hybridized carbons (Fsp3) is 0.429. The van der Waals surface area contributed by atoms with Crippen LogP contribution in [0, 0.1) is 13.8 Å². The van der Waals surface area contributed by atoms with Gasteiger partial charge in [0.15, 0.2) is 0 Å². The summed E-state index contributed by atoms with van der Waals surface area (Å²) in [6.07, 6.45) is 0. The van der Waals surface area contributed by atoms with Gasteiger partial charge in [-0.3, -0.25) is 0 Å². The molecular formula is C21H28N2O6S2. The molecule has 0 radical (unpaired) electrons. The summed E-state index contributed by atoms with van der Waals surface area (Å²) in [4.78, 5) is 0.422. The van der Waals surface area contributed by atoms with Crippen molar-refractivity contribution < 1.29 is 26.3 Å². The van der Waals surface area contributed by atoms with Crippen molar-refractivity contribution in [2.75, 3.05) is 46.5 Å². The molecule has 0 atom stereocenters. The van der Waals surface area contributed by atoms with E-state index in [1.54, 1.807) is 38.3 Å². The summed E-state index contributed by atoms with van der Waals surface area (Å²) in [7, 11) is -5.83. The first-order valence-corrected chi connectivity index (χ1v) is 12.8. The summed E-state index contributed by atoms with van der Waals surface area (Å²) < 4.78 is 65.2. The summed E-state index contributed by atoms with van der Waals surface area (Å²) in [5.74, 6) is 0.556. The predicted octanol–water partition coefficient (Wildman–Crippen LogP) is 2.02. The van der Waals surface area contributed by atoms with Crippen LogP contribution in [0.2, 0.25) is 0 Å². The van der Waals surface area contributed by atoms with Crippen LogP contribution in [0.3, 0.4) is 0 Å². The molecule has 0 amide bonds. The first-order chi connectivity index (χ1) is 14.7. The van der Waals surface area contributed by atoms with Gasteiger partial charge in [0.25, 0.3) is 0 Å². The fourth-order valence-corrected chi connectivity index (χ4v) is 6.53. The van der Waals surface area contributed by atoms with Crippen LogP contribution >= 0.6 is 0 Å². The third-order valence-corrected chi connectivity index (χ3v) is 9.13. The molecule has 2 aromatic carbocycles. The van der Waals surface area contributed by atoms with Gasteiger partial charge in [-0.15, -0.1) is 0 Å².